The Bertz CT molecular complexity index is 864. The smallest absolute Gasteiger partial charge is 0.236 e. The molecule has 1 amide bonds. The van der Waals surface area contributed by atoms with E-state index in [9.17, 15) is 9.59 Å². The highest BCUT2D eigenvalue weighted by Gasteiger charge is 2.24. The van der Waals surface area contributed by atoms with Gasteiger partial charge in [-0.25, -0.2) is 0 Å². The molecule has 29 heavy (non-hydrogen) atoms. The van der Waals surface area contributed by atoms with Crippen molar-refractivity contribution in [2.24, 2.45) is 0 Å². The molecule has 0 saturated carbocycles. The van der Waals surface area contributed by atoms with Crippen LogP contribution in [0, 0.1) is 0 Å². The fourth-order valence-electron chi connectivity index (χ4n) is 4.24. The Morgan fingerprint density at radius 3 is 2.38 bits per heavy atom. The van der Waals surface area contributed by atoms with Crippen LogP contribution in [0.15, 0.2) is 24.4 Å². The molecule has 1 aromatic carbocycles. The van der Waals surface area contributed by atoms with Crippen molar-refractivity contribution in [2.75, 3.05) is 65.6 Å². The average molecular weight is 399 g/mol. The number of amides is 1. The van der Waals surface area contributed by atoms with Gasteiger partial charge in [-0.3, -0.25) is 19.4 Å². The molecule has 3 heterocycles. The lowest BCUT2D eigenvalue weighted by Gasteiger charge is -2.35. The third kappa shape index (κ3) is 4.52. The number of aromatic nitrogens is 1. The van der Waals surface area contributed by atoms with Crippen molar-refractivity contribution in [1.29, 1.82) is 0 Å². The first-order chi connectivity index (χ1) is 14.2. The second-order valence-electron chi connectivity index (χ2n) is 7.86. The lowest BCUT2D eigenvalue weighted by atomic mass is 10.0. The molecule has 7 nitrogen and oxygen atoms in total. The summed E-state index contributed by atoms with van der Waals surface area (Å²) in [5, 5.41) is 1.02. The van der Waals surface area contributed by atoms with Gasteiger partial charge in [-0.2, -0.15) is 0 Å². The molecule has 2 fully saturated rings. The number of ether oxygens (including phenoxy) is 1. The lowest BCUT2D eigenvalue weighted by Crippen LogP contribution is -2.52. The van der Waals surface area contributed by atoms with Gasteiger partial charge < -0.3 is 14.6 Å². The number of fused-ring (bicyclic) bond motifs is 1. The molecule has 0 radical (unpaired) electrons. The molecule has 1 N–H and O–H groups in total. The van der Waals surface area contributed by atoms with Gasteiger partial charge in [0.1, 0.15) is 0 Å². The zero-order valence-corrected chi connectivity index (χ0v) is 17.2. The number of carbonyl (C=O) groups excluding carboxylic acids is 2. The second kappa shape index (κ2) is 9.07. The zero-order valence-electron chi connectivity index (χ0n) is 17.2. The summed E-state index contributed by atoms with van der Waals surface area (Å²) >= 11 is 0. The predicted molar refractivity (Wildman–Crippen MR) is 112 cm³/mol. The minimum absolute atomic E-state index is 0.155. The summed E-state index contributed by atoms with van der Waals surface area (Å²) in [5.41, 5.74) is 3.09. The highest BCUT2D eigenvalue weighted by Crippen LogP contribution is 2.23. The standard InChI is InChI=1S/C22H30N4O3/c1-2-17-4-3-5-18-19(14-23-22(17)18)20(27)15-24-6-8-25(9-7-24)16-21(28)26-10-12-29-13-11-26/h3-5,14,23H,2,6-13,15-16H2,1H3. The van der Waals surface area contributed by atoms with Crippen LogP contribution in [-0.4, -0.2) is 96.9 Å². The van der Waals surface area contributed by atoms with Gasteiger partial charge in [0.15, 0.2) is 5.78 Å². The van der Waals surface area contributed by atoms with E-state index < -0.39 is 0 Å². The number of hydrogen-bond donors (Lipinski definition) is 1. The molecular formula is C22H30N4O3. The number of nitrogens with zero attached hydrogens (tertiary/aromatic N) is 3. The van der Waals surface area contributed by atoms with Crippen molar-refractivity contribution in [3.05, 3.63) is 35.5 Å². The second-order valence-corrected chi connectivity index (χ2v) is 7.86. The first-order valence-electron chi connectivity index (χ1n) is 10.6. The van der Waals surface area contributed by atoms with Crippen LogP contribution in [-0.2, 0) is 16.0 Å². The van der Waals surface area contributed by atoms with Gasteiger partial charge in [0.2, 0.25) is 5.91 Å². The number of carbonyl (C=O) groups is 2. The molecule has 2 saturated heterocycles. The fourth-order valence-corrected chi connectivity index (χ4v) is 4.24. The van der Waals surface area contributed by atoms with Crippen LogP contribution < -0.4 is 0 Å². The first-order valence-corrected chi connectivity index (χ1v) is 10.6. The molecule has 2 aliphatic heterocycles. The van der Waals surface area contributed by atoms with Crippen molar-refractivity contribution >= 4 is 22.6 Å². The summed E-state index contributed by atoms with van der Waals surface area (Å²) in [6, 6.07) is 6.15. The Morgan fingerprint density at radius 2 is 1.69 bits per heavy atom. The number of Topliss-reactive ketones (excluding diaryl/α,β-unsaturated/α-hetero) is 1. The van der Waals surface area contributed by atoms with Gasteiger partial charge in [0.25, 0.3) is 0 Å². The predicted octanol–water partition coefficient (Wildman–Crippen LogP) is 1.39. The van der Waals surface area contributed by atoms with E-state index in [1.54, 1.807) is 0 Å². The van der Waals surface area contributed by atoms with E-state index >= 15 is 0 Å². The van der Waals surface area contributed by atoms with Crippen LogP contribution in [0.2, 0.25) is 0 Å². The summed E-state index contributed by atoms with van der Waals surface area (Å²) in [4.78, 5) is 34.9. The van der Waals surface area contributed by atoms with Crippen molar-refractivity contribution in [1.82, 2.24) is 19.7 Å². The monoisotopic (exact) mass is 398 g/mol. The molecule has 156 valence electrons. The molecule has 7 heteroatoms. The number of hydrogen-bond acceptors (Lipinski definition) is 5. The molecule has 0 aliphatic carbocycles. The SMILES string of the molecule is CCc1cccc2c(C(=O)CN3CCN(CC(=O)N4CCOCC4)CC3)c[nH]c12. The van der Waals surface area contributed by atoms with E-state index in [-0.39, 0.29) is 11.7 Å². The Morgan fingerprint density at radius 1 is 1.00 bits per heavy atom. The highest BCUT2D eigenvalue weighted by molar-refractivity contribution is 6.09. The zero-order chi connectivity index (χ0) is 20.2. The maximum Gasteiger partial charge on any atom is 0.236 e. The number of aryl methyl sites for hydroxylation is 1. The fraction of sp³-hybridized carbons (Fsp3) is 0.545. The van der Waals surface area contributed by atoms with E-state index in [1.807, 2.05) is 23.2 Å². The minimum Gasteiger partial charge on any atom is -0.378 e. The molecule has 0 bridgehead atoms. The Kier molecular flexibility index (Phi) is 6.28. The number of rotatable bonds is 6. The minimum atomic E-state index is 0.155. The molecule has 4 rings (SSSR count). The molecular weight excluding hydrogens is 368 g/mol. The van der Waals surface area contributed by atoms with E-state index in [2.05, 4.69) is 27.8 Å². The van der Waals surface area contributed by atoms with Crippen molar-refractivity contribution < 1.29 is 14.3 Å². The van der Waals surface area contributed by atoms with Gasteiger partial charge >= 0.3 is 0 Å². The topological polar surface area (TPSA) is 68.9 Å². The van der Waals surface area contributed by atoms with Crippen LogP contribution in [0.5, 0.6) is 0 Å². The molecule has 0 unspecified atom stereocenters. The summed E-state index contributed by atoms with van der Waals surface area (Å²) < 4.78 is 5.31. The maximum atomic E-state index is 12.9. The van der Waals surface area contributed by atoms with Gasteiger partial charge in [-0.05, 0) is 12.0 Å². The summed E-state index contributed by atoms with van der Waals surface area (Å²) in [6.45, 7) is 8.92. The lowest BCUT2D eigenvalue weighted by molar-refractivity contribution is -0.136. The van der Waals surface area contributed by atoms with E-state index in [1.165, 1.54) is 5.56 Å². The largest absolute Gasteiger partial charge is 0.378 e. The van der Waals surface area contributed by atoms with Gasteiger partial charge in [-0.1, -0.05) is 25.1 Å². The number of para-hydroxylation sites is 1. The van der Waals surface area contributed by atoms with Crippen molar-refractivity contribution in [3.63, 3.8) is 0 Å². The molecule has 1 aromatic heterocycles. The van der Waals surface area contributed by atoms with Crippen LogP contribution in [0.4, 0.5) is 0 Å². The number of ketones is 1. The van der Waals surface area contributed by atoms with Crippen molar-refractivity contribution in [3.8, 4) is 0 Å². The first kappa shape index (κ1) is 20.1. The van der Waals surface area contributed by atoms with Crippen molar-refractivity contribution in [2.45, 2.75) is 13.3 Å². The normalized spacial score (nSPS) is 19.0. The molecule has 0 atom stereocenters. The van der Waals surface area contributed by atoms with Crippen LogP contribution >= 0.6 is 0 Å². The Balaban J connectivity index is 1.29. The van der Waals surface area contributed by atoms with E-state index in [4.69, 9.17) is 4.74 Å². The third-order valence-electron chi connectivity index (χ3n) is 6.04. The Hall–Kier alpha value is -2.22. The summed E-state index contributed by atoms with van der Waals surface area (Å²) in [7, 11) is 0. The highest BCUT2D eigenvalue weighted by atomic mass is 16.5. The number of morpholine rings is 1. The van der Waals surface area contributed by atoms with Crippen LogP contribution in [0.25, 0.3) is 10.9 Å². The molecule has 0 spiro atoms. The van der Waals surface area contributed by atoms with E-state index in [0.717, 1.165) is 49.1 Å². The van der Waals surface area contributed by atoms with Gasteiger partial charge in [0.05, 0.1) is 26.3 Å². The number of H-pyrrole nitrogens is 1. The Labute approximate surface area is 171 Å². The maximum absolute atomic E-state index is 12.9. The average Bonchev–Trinajstić information content (AvgIpc) is 3.20. The number of aromatic amines is 1. The molecule has 2 aliphatic rings. The number of piperazine rings is 1. The number of benzene rings is 1. The summed E-state index contributed by atoms with van der Waals surface area (Å²) in [6.07, 6.45) is 2.79. The van der Waals surface area contributed by atoms with Gasteiger partial charge in [-0.15, -0.1) is 0 Å². The van der Waals surface area contributed by atoms with Crippen LogP contribution in [0.1, 0.15) is 22.8 Å². The van der Waals surface area contributed by atoms with Gasteiger partial charge in [0, 0.05) is 61.9 Å². The molecule has 2 aromatic rings. The third-order valence-corrected chi connectivity index (χ3v) is 6.04. The summed E-state index contributed by atoms with van der Waals surface area (Å²) in [5.74, 6) is 0.339. The quantitative estimate of drug-likeness (QED) is 0.745. The van der Waals surface area contributed by atoms with Crippen LogP contribution in [0.3, 0.4) is 0 Å². The van der Waals surface area contributed by atoms with E-state index in [0.29, 0.717) is 39.4 Å². The number of nitrogens with one attached hydrogen (secondary N) is 1.